The minimum Gasteiger partial charge on any atom is -0.330 e. The highest BCUT2D eigenvalue weighted by atomic mass is 16.7. The van der Waals surface area contributed by atoms with Gasteiger partial charge in [0.05, 0.1) is 0 Å². The van der Waals surface area contributed by atoms with Crippen molar-refractivity contribution in [2.45, 2.75) is 31.9 Å². The fraction of sp³-hybridized carbons (Fsp3) is 1.00. The van der Waals surface area contributed by atoms with Gasteiger partial charge in [-0.05, 0) is 25.8 Å². The summed E-state index contributed by atoms with van der Waals surface area (Å²) in [6.45, 7) is 3.79. The van der Waals surface area contributed by atoms with Crippen molar-refractivity contribution in [2.24, 2.45) is 17.2 Å². The number of hydrogen-bond donors (Lipinski definition) is 5. The topological polar surface area (TPSA) is 111 Å². The van der Waals surface area contributed by atoms with Gasteiger partial charge >= 0.3 is 0 Å². The number of rotatable bonds is 12. The summed E-state index contributed by atoms with van der Waals surface area (Å²) in [4.78, 5) is 5.23. The van der Waals surface area contributed by atoms with Gasteiger partial charge < -0.3 is 22.5 Å². The molecule has 0 fully saturated rings. The van der Waals surface area contributed by atoms with E-state index in [0.717, 1.165) is 51.9 Å². The summed E-state index contributed by atoms with van der Waals surface area (Å²) in [5.41, 5.74) is 19.3. The van der Waals surface area contributed by atoms with Crippen molar-refractivity contribution in [1.29, 1.82) is 0 Å². The standard InChI is InChI=1S/C10H27N5O/c11-5-3-1-2-4-10(13)16-15-9-8-14-7-6-12/h10,14-15H,1-9,11-13H2. The Hall–Kier alpha value is -0.240. The van der Waals surface area contributed by atoms with Crippen LogP contribution in [0, 0.1) is 0 Å². The summed E-state index contributed by atoms with van der Waals surface area (Å²) in [6, 6.07) is 0. The number of nitrogens with two attached hydrogens (primary N) is 3. The van der Waals surface area contributed by atoms with Gasteiger partial charge in [-0.1, -0.05) is 6.42 Å². The number of nitrogens with one attached hydrogen (secondary N) is 2. The van der Waals surface area contributed by atoms with Crippen molar-refractivity contribution in [1.82, 2.24) is 10.8 Å². The van der Waals surface area contributed by atoms with E-state index in [9.17, 15) is 0 Å². The first-order chi connectivity index (χ1) is 7.81. The summed E-state index contributed by atoms with van der Waals surface area (Å²) < 4.78 is 0. The molecule has 8 N–H and O–H groups in total. The van der Waals surface area contributed by atoms with Crippen LogP contribution in [0.1, 0.15) is 25.7 Å². The first kappa shape index (κ1) is 15.8. The predicted octanol–water partition coefficient (Wildman–Crippen LogP) is -1.14. The summed E-state index contributed by atoms with van der Waals surface area (Å²) in [5.74, 6) is 0. The highest BCUT2D eigenvalue weighted by Gasteiger charge is 2.01. The third kappa shape index (κ3) is 11.8. The summed E-state index contributed by atoms with van der Waals surface area (Å²) in [5, 5.41) is 3.15. The Morgan fingerprint density at radius 2 is 1.75 bits per heavy atom. The zero-order valence-corrected chi connectivity index (χ0v) is 10.1. The maximum absolute atomic E-state index is 5.74. The smallest absolute Gasteiger partial charge is 0.127 e. The molecule has 6 heteroatoms. The molecule has 0 aromatic heterocycles. The van der Waals surface area contributed by atoms with Crippen LogP contribution in [0.4, 0.5) is 0 Å². The molecule has 1 unspecified atom stereocenters. The molecule has 0 saturated carbocycles. The van der Waals surface area contributed by atoms with E-state index < -0.39 is 0 Å². The zero-order valence-electron chi connectivity index (χ0n) is 10.1. The molecular weight excluding hydrogens is 206 g/mol. The molecule has 0 aliphatic rings. The van der Waals surface area contributed by atoms with Gasteiger partial charge in [0.1, 0.15) is 6.23 Å². The van der Waals surface area contributed by atoms with Gasteiger partial charge in [-0.15, -0.1) is 0 Å². The molecular formula is C10H27N5O. The van der Waals surface area contributed by atoms with Crippen LogP contribution in [0.3, 0.4) is 0 Å². The Balaban J connectivity index is 3.08. The molecule has 0 spiro atoms. The number of hydroxylamine groups is 1. The van der Waals surface area contributed by atoms with E-state index in [-0.39, 0.29) is 6.23 Å². The first-order valence-electron chi connectivity index (χ1n) is 6.06. The molecule has 1 atom stereocenters. The normalized spacial score (nSPS) is 12.9. The Labute approximate surface area is 98.2 Å². The Morgan fingerprint density at radius 1 is 0.938 bits per heavy atom. The van der Waals surface area contributed by atoms with Crippen molar-refractivity contribution in [3.05, 3.63) is 0 Å². The molecule has 0 saturated heterocycles. The van der Waals surface area contributed by atoms with E-state index in [4.69, 9.17) is 22.0 Å². The Bertz CT molecular complexity index is 136. The highest BCUT2D eigenvalue weighted by molar-refractivity contribution is 4.51. The van der Waals surface area contributed by atoms with E-state index in [2.05, 4.69) is 10.8 Å². The molecule has 0 radical (unpaired) electrons. The average Bonchev–Trinajstić information content (AvgIpc) is 2.29. The third-order valence-corrected chi connectivity index (χ3v) is 2.15. The fourth-order valence-corrected chi connectivity index (χ4v) is 1.26. The molecule has 6 nitrogen and oxygen atoms in total. The second kappa shape index (κ2) is 12.8. The van der Waals surface area contributed by atoms with Gasteiger partial charge in [-0.3, -0.25) is 4.84 Å². The van der Waals surface area contributed by atoms with Gasteiger partial charge in [-0.25, -0.2) is 0 Å². The van der Waals surface area contributed by atoms with Crippen LogP contribution in [0.25, 0.3) is 0 Å². The first-order valence-corrected chi connectivity index (χ1v) is 6.06. The van der Waals surface area contributed by atoms with Crippen molar-refractivity contribution >= 4 is 0 Å². The third-order valence-electron chi connectivity index (χ3n) is 2.15. The molecule has 0 bridgehead atoms. The quantitative estimate of drug-likeness (QED) is 0.165. The lowest BCUT2D eigenvalue weighted by Gasteiger charge is -2.13. The predicted molar refractivity (Wildman–Crippen MR) is 66.5 cm³/mol. The average molecular weight is 233 g/mol. The summed E-state index contributed by atoms with van der Waals surface area (Å²) in [7, 11) is 0. The molecule has 0 aliphatic carbocycles. The minimum absolute atomic E-state index is 0.229. The molecule has 0 amide bonds. The lowest BCUT2D eigenvalue weighted by molar-refractivity contribution is -0.0255. The van der Waals surface area contributed by atoms with Crippen LogP contribution in [0.2, 0.25) is 0 Å². The maximum Gasteiger partial charge on any atom is 0.127 e. The molecule has 0 heterocycles. The minimum atomic E-state index is -0.229. The van der Waals surface area contributed by atoms with E-state index >= 15 is 0 Å². The van der Waals surface area contributed by atoms with Gasteiger partial charge in [0.15, 0.2) is 0 Å². The second-order valence-electron chi connectivity index (χ2n) is 3.73. The van der Waals surface area contributed by atoms with Crippen molar-refractivity contribution in [2.75, 3.05) is 32.7 Å². The van der Waals surface area contributed by atoms with E-state index in [1.54, 1.807) is 0 Å². The largest absolute Gasteiger partial charge is 0.330 e. The van der Waals surface area contributed by atoms with Crippen molar-refractivity contribution < 1.29 is 4.84 Å². The molecule has 0 aromatic carbocycles. The van der Waals surface area contributed by atoms with Crippen LogP contribution >= 0.6 is 0 Å². The van der Waals surface area contributed by atoms with Crippen molar-refractivity contribution in [3.63, 3.8) is 0 Å². The molecule has 0 rings (SSSR count). The lowest BCUT2D eigenvalue weighted by atomic mass is 10.2. The fourth-order valence-electron chi connectivity index (χ4n) is 1.26. The highest BCUT2D eigenvalue weighted by Crippen LogP contribution is 2.01. The zero-order chi connectivity index (χ0) is 12.1. The Kier molecular flexibility index (Phi) is 12.6. The van der Waals surface area contributed by atoms with Gasteiger partial charge in [0.25, 0.3) is 0 Å². The SMILES string of the molecule is NCCCCCC(N)ONCCNCCN. The van der Waals surface area contributed by atoms with Crippen LogP contribution in [0.15, 0.2) is 0 Å². The molecule has 98 valence electrons. The van der Waals surface area contributed by atoms with Crippen LogP contribution in [-0.2, 0) is 4.84 Å². The van der Waals surface area contributed by atoms with E-state index in [1.807, 2.05) is 0 Å². The maximum atomic E-state index is 5.74. The summed E-state index contributed by atoms with van der Waals surface area (Å²) in [6.07, 6.45) is 3.87. The number of hydrogen-bond acceptors (Lipinski definition) is 6. The van der Waals surface area contributed by atoms with Gasteiger partial charge in [0, 0.05) is 26.2 Å². The molecule has 0 aromatic rings. The van der Waals surface area contributed by atoms with Crippen LogP contribution in [0.5, 0.6) is 0 Å². The molecule has 16 heavy (non-hydrogen) atoms. The second-order valence-corrected chi connectivity index (χ2v) is 3.73. The molecule has 0 aliphatic heterocycles. The summed E-state index contributed by atoms with van der Waals surface area (Å²) >= 11 is 0. The van der Waals surface area contributed by atoms with E-state index in [1.165, 1.54) is 0 Å². The van der Waals surface area contributed by atoms with Gasteiger partial charge in [0.2, 0.25) is 0 Å². The van der Waals surface area contributed by atoms with Crippen molar-refractivity contribution in [3.8, 4) is 0 Å². The Morgan fingerprint density at radius 3 is 2.44 bits per heavy atom. The van der Waals surface area contributed by atoms with E-state index in [0.29, 0.717) is 6.54 Å². The van der Waals surface area contributed by atoms with Gasteiger partial charge in [-0.2, -0.15) is 5.48 Å². The monoisotopic (exact) mass is 233 g/mol. The lowest BCUT2D eigenvalue weighted by Crippen LogP contribution is -2.36. The van der Waals surface area contributed by atoms with Crippen LogP contribution < -0.4 is 28.0 Å². The number of unbranched alkanes of at least 4 members (excludes halogenated alkanes) is 2. The van der Waals surface area contributed by atoms with Crippen LogP contribution in [-0.4, -0.2) is 39.0 Å².